The Balaban J connectivity index is 0.000000830. The molecule has 244 valence electrons. The molecule has 1 rings (SSSR count). The van der Waals surface area contributed by atoms with Crippen LogP contribution in [0.4, 0.5) is 0 Å². The van der Waals surface area contributed by atoms with Crippen LogP contribution in [-0.2, 0) is 44.8 Å². The highest BCUT2D eigenvalue weighted by atomic mass is 16.6. The van der Waals surface area contributed by atoms with E-state index in [2.05, 4.69) is 0 Å². The van der Waals surface area contributed by atoms with Gasteiger partial charge in [0.1, 0.15) is 23.6 Å². The van der Waals surface area contributed by atoms with E-state index in [0.29, 0.717) is 32.3 Å². The van der Waals surface area contributed by atoms with Crippen LogP contribution >= 0.6 is 0 Å². The maximum Gasteiger partial charge on any atom is 0.306 e. The van der Waals surface area contributed by atoms with Crippen molar-refractivity contribution in [3.63, 3.8) is 0 Å². The van der Waals surface area contributed by atoms with Crippen LogP contribution in [0.15, 0.2) is 30.3 Å². The number of carbonyl (C=O) groups excluding carboxylic acids is 4. The number of unbranched alkanes of at least 4 members (excludes halogenated alkanes) is 6. The van der Waals surface area contributed by atoms with Crippen LogP contribution in [-0.4, -0.2) is 46.0 Å². The van der Waals surface area contributed by atoms with Gasteiger partial charge in [0.05, 0.1) is 6.42 Å². The van der Waals surface area contributed by atoms with Crippen molar-refractivity contribution in [2.45, 2.75) is 149 Å². The van der Waals surface area contributed by atoms with E-state index in [1.165, 1.54) is 0 Å². The number of esters is 3. The summed E-state index contributed by atoms with van der Waals surface area (Å²) in [7, 11) is 0. The zero-order valence-electron chi connectivity index (χ0n) is 27.2. The van der Waals surface area contributed by atoms with Gasteiger partial charge in [-0.15, -0.1) is 0 Å². The second-order valence-electron chi connectivity index (χ2n) is 12.6. The number of aliphatic carboxylic acids is 1. The minimum absolute atomic E-state index is 0.000424. The van der Waals surface area contributed by atoms with E-state index in [1.54, 1.807) is 0 Å². The molecule has 0 aliphatic carbocycles. The largest absolute Gasteiger partial charge is 0.481 e. The molecule has 1 N–H and O–H groups in total. The summed E-state index contributed by atoms with van der Waals surface area (Å²) in [6, 6.07) is 9.65. The zero-order chi connectivity index (χ0) is 32.7. The number of ketones is 1. The Morgan fingerprint density at radius 2 is 0.977 bits per heavy atom. The van der Waals surface area contributed by atoms with E-state index in [-0.39, 0.29) is 36.5 Å². The maximum atomic E-state index is 11.6. The predicted octanol–water partition coefficient (Wildman–Crippen LogP) is 7.51. The molecule has 1 aromatic carbocycles. The second-order valence-corrected chi connectivity index (χ2v) is 12.6. The van der Waals surface area contributed by atoms with Crippen LogP contribution in [0.5, 0.6) is 0 Å². The van der Waals surface area contributed by atoms with Crippen LogP contribution in [0, 0.1) is 0 Å². The third-order valence-corrected chi connectivity index (χ3v) is 5.80. The Hall–Kier alpha value is -3.23. The average molecular weight is 607 g/mol. The highest BCUT2D eigenvalue weighted by Crippen LogP contribution is 2.13. The number of ether oxygens (including phenoxy) is 3. The summed E-state index contributed by atoms with van der Waals surface area (Å²) in [5.74, 6) is -1.44. The monoisotopic (exact) mass is 606 g/mol. The molecular weight excluding hydrogens is 552 g/mol. The van der Waals surface area contributed by atoms with Gasteiger partial charge in [-0.2, -0.15) is 0 Å². The number of hydrogen-bond donors (Lipinski definition) is 1. The normalized spacial score (nSPS) is 11.1. The first-order valence-corrected chi connectivity index (χ1v) is 15.4. The number of carboxylic acids is 1. The summed E-state index contributed by atoms with van der Waals surface area (Å²) < 4.78 is 15.6. The van der Waals surface area contributed by atoms with E-state index in [9.17, 15) is 24.0 Å². The van der Waals surface area contributed by atoms with Crippen molar-refractivity contribution in [2.24, 2.45) is 0 Å². The SMILES string of the molecule is CC(C)(C)OC(=O)CCCCCCC(=O)CCC(=O)O.CC(C)(C)OC(=O)CCCCCCC(=O)OCc1ccccc1. The van der Waals surface area contributed by atoms with Gasteiger partial charge in [0.15, 0.2) is 0 Å². The van der Waals surface area contributed by atoms with E-state index in [4.69, 9.17) is 19.3 Å². The molecule has 0 fully saturated rings. The minimum Gasteiger partial charge on any atom is -0.481 e. The fourth-order valence-corrected chi connectivity index (χ4v) is 3.80. The molecule has 0 unspecified atom stereocenters. The Morgan fingerprint density at radius 3 is 1.40 bits per heavy atom. The van der Waals surface area contributed by atoms with Crippen LogP contribution in [0.3, 0.4) is 0 Å². The number of hydrogen-bond acceptors (Lipinski definition) is 8. The van der Waals surface area contributed by atoms with Crippen molar-refractivity contribution in [1.82, 2.24) is 0 Å². The Bertz CT molecular complexity index is 956. The molecule has 9 heteroatoms. The lowest BCUT2D eigenvalue weighted by molar-refractivity contribution is -0.156. The topological polar surface area (TPSA) is 133 Å². The molecule has 0 spiro atoms. The van der Waals surface area contributed by atoms with Crippen LogP contribution < -0.4 is 0 Å². The van der Waals surface area contributed by atoms with Gasteiger partial charge in [-0.05, 0) is 72.8 Å². The van der Waals surface area contributed by atoms with Gasteiger partial charge in [-0.25, -0.2) is 0 Å². The highest BCUT2D eigenvalue weighted by molar-refractivity contribution is 5.82. The van der Waals surface area contributed by atoms with Crippen LogP contribution in [0.25, 0.3) is 0 Å². The number of carbonyl (C=O) groups is 5. The van der Waals surface area contributed by atoms with Gasteiger partial charge in [0.2, 0.25) is 0 Å². The second kappa shape index (κ2) is 22.3. The molecule has 0 bridgehead atoms. The van der Waals surface area contributed by atoms with E-state index in [1.807, 2.05) is 71.9 Å². The molecular formula is C34H54O9. The van der Waals surface area contributed by atoms with Gasteiger partial charge < -0.3 is 19.3 Å². The number of Topliss-reactive ketones (excluding diaryl/α,β-unsaturated/α-hetero) is 1. The van der Waals surface area contributed by atoms with Gasteiger partial charge >= 0.3 is 23.9 Å². The van der Waals surface area contributed by atoms with Crippen LogP contribution in [0.2, 0.25) is 0 Å². The predicted molar refractivity (Wildman–Crippen MR) is 165 cm³/mol. The smallest absolute Gasteiger partial charge is 0.306 e. The molecule has 0 atom stereocenters. The van der Waals surface area contributed by atoms with Gasteiger partial charge in [-0.1, -0.05) is 56.0 Å². The summed E-state index contributed by atoms with van der Waals surface area (Å²) in [5, 5.41) is 8.44. The fraction of sp³-hybridized carbons (Fsp3) is 0.676. The number of carboxylic acid groups (broad SMARTS) is 1. The summed E-state index contributed by atoms with van der Waals surface area (Å²) >= 11 is 0. The lowest BCUT2D eigenvalue weighted by Gasteiger charge is -2.19. The van der Waals surface area contributed by atoms with Crippen molar-refractivity contribution in [3.05, 3.63) is 35.9 Å². The molecule has 43 heavy (non-hydrogen) atoms. The molecule has 9 nitrogen and oxygen atoms in total. The van der Waals surface area contributed by atoms with E-state index >= 15 is 0 Å². The van der Waals surface area contributed by atoms with E-state index < -0.39 is 17.2 Å². The Kier molecular flexibility index (Phi) is 20.7. The average Bonchev–Trinajstić information content (AvgIpc) is 2.89. The lowest BCUT2D eigenvalue weighted by Crippen LogP contribution is -2.23. The first-order valence-electron chi connectivity index (χ1n) is 15.4. The summed E-state index contributed by atoms with van der Waals surface area (Å²) in [4.78, 5) is 56.2. The molecule has 0 heterocycles. The first-order chi connectivity index (χ1) is 20.1. The summed E-state index contributed by atoms with van der Waals surface area (Å²) in [5.41, 5.74) is 0.144. The standard InChI is InChI=1S/C19H28O4.C15H26O5/c1-19(2,3)23-18(21)14-10-5-4-9-13-17(20)22-15-16-11-7-6-8-12-16;1-15(2,3)20-14(19)9-7-5-4-6-8-12(16)10-11-13(17)18/h6-8,11-12H,4-5,9-10,13-15H2,1-3H3;4-11H2,1-3H3,(H,17,18). The molecule has 1 aromatic rings. The third kappa shape index (κ3) is 28.7. The zero-order valence-corrected chi connectivity index (χ0v) is 27.2. The maximum absolute atomic E-state index is 11.6. The number of rotatable bonds is 19. The highest BCUT2D eigenvalue weighted by Gasteiger charge is 2.16. The van der Waals surface area contributed by atoms with Crippen molar-refractivity contribution in [3.8, 4) is 0 Å². The third-order valence-electron chi connectivity index (χ3n) is 5.80. The van der Waals surface area contributed by atoms with Crippen molar-refractivity contribution >= 4 is 29.7 Å². The van der Waals surface area contributed by atoms with Gasteiger partial charge in [-0.3, -0.25) is 24.0 Å². The quantitative estimate of drug-likeness (QED) is 0.0964. The number of benzene rings is 1. The molecule has 0 saturated heterocycles. The van der Waals surface area contributed by atoms with Gasteiger partial charge in [0, 0.05) is 32.1 Å². The molecule has 0 saturated carbocycles. The fourth-order valence-electron chi connectivity index (χ4n) is 3.80. The first kappa shape index (κ1) is 39.8. The Labute approximate surface area is 258 Å². The van der Waals surface area contributed by atoms with Crippen molar-refractivity contribution in [2.75, 3.05) is 0 Å². The molecule has 0 radical (unpaired) electrons. The van der Waals surface area contributed by atoms with E-state index in [0.717, 1.165) is 56.9 Å². The lowest BCUT2D eigenvalue weighted by atomic mass is 10.1. The Morgan fingerprint density at radius 1 is 0.558 bits per heavy atom. The molecule has 0 aliphatic heterocycles. The van der Waals surface area contributed by atoms with Gasteiger partial charge in [0.25, 0.3) is 0 Å². The van der Waals surface area contributed by atoms with Crippen LogP contribution in [0.1, 0.15) is 137 Å². The summed E-state index contributed by atoms with van der Waals surface area (Å²) in [6.45, 7) is 11.5. The molecule has 0 aromatic heterocycles. The molecule has 0 amide bonds. The summed E-state index contributed by atoms with van der Waals surface area (Å²) in [6.07, 6.45) is 8.45. The molecule has 0 aliphatic rings. The van der Waals surface area contributed by atoms with Crippen molar-refractivity contribution in [1.29, 1.82) is 0 Å². The van der Waals surface area contributed by atoms with Crippen molar-refractivity contribution < 1.29 is 43.3 Å². The minimum atomic E-state index is -0.935.